The first-order valence-electron chi connectivity index (χ1n) is 8.31. The van der Waals surface area contributed by atoms with E-state index in [4.69, 9.17) is 14.2 Å². The maximum absolute atomic E-state index is 12.2. The van der Waals surface area contributed by atoms with Crippen molar-refractivity contribution in [1.29, 1.82) is 0 Å². The van der Waals surface area contributed by atoms with E-state index < -0.39 is 0 Å². The summed E-state index contributed by atoms with van der Waals surface area (Å²) in [6.45, 7) is 6.73. The topological polar surface area (TPSA) is 62.6 Å². The highest BCUT2D eigenvalue weighted by Gasteiger charge is 2.19. The van der Waals surface area contributed by atoms with Gasteiger partial charge in [0.1, 0.15) is 12.4 Å². The predicted octanol–water partition coefficient (Wildman–Crippen LogP) is 2.28. The smallest absolute Gasteiger partial charge is 0.351 e. The van der Waals surface area contributed by atoms with Crippen molar-refractivity contribution in [2.75, 3.05) is 26.4 Å². The quantitative estimate of drug-likeness (QED) is 0.729. The second-order valence-electron chi connectivity index (χ2n) is 5.46. The number of aromatic nitrogens is 2. The molecule has 0 saturated carbocycles. The molecule has 1 aromatic carbocycles. The normalized spacial score (nSPS) is 12.4. The number of rotatable bonds is 7. The molecular weight excluding hydrogens is 308 g/mol. The third kappa shape index (κ3) is 3.43. The van der Waals surface area contributed by atoms with Crippen molar-refractivity contribution in [3.05, 3.63) is 40.3 Å². The summed E-state index contributed by atoms with van der Waals surface area (Å²) in [5, 5.41) is 0. The Hall–Kier alpha value is -2.34. The molecule has 6 heteroatoms. The lowest BCUT2D eigenvalue weighted by molar-refractivity contribution is 0.110. The van der Waals surface area contributed by atoms with E-state index in [-0.39, 0.29) is 5.69 Å². The second-order valence-corrected chi connectivity index (χ2v) is 5.46. The highest BCUT2D eigenvalue weighted by molar-refractivity contribution is 5.67. The Morgan fingerprint density at radius 3 is 2.79 bits per heavy atom. The lowest BCUT2D eigenvalue weighted by Crippen LogP contribution is -2.28. The highest BCUT2D eigenvalue weighted by Crippen LogP contribution is 2.32. The van der Waals surface area contributed by atoms with Crippen molar-refractivity contribution in [1.82, 2.24) is 9.55 Å². The Labute approximate surface area is 141 Å². The van der Waals surface area contributed by atoms with E-state index in [9.17, 15) is 4.79 Å². The molecule has 3 rings (SSSR count). The number of fused-ring (bicyclic) bond motifs is 3. The Kier molecular flexibility index (Phi) is 5.15. The van der Waals surface area contributed by atoms with Gasteiger partial charge in [-0.15, -0.1) is 0 Å². The average molecular weight is 330 g/mol. The Bertz CT molecular complexity index is 770. The van der Waals surface area contributed by atoms with Crippen LogP contribution >= 0.6 is 0 Å². The van der Waals surface area contributed by atoms with E-state index in [0.29, 0.717) is 38.9 Å². The fourth-order valence-corrected chi connectivity index (χ4v) is 2.86. The monoisotopic (exact) mass is 330 g/mol. The maximum Gasteiger partial charge on any atom is 0.351 e. The number of benzene rings is 1. The van der Waals surface area contributed by atoms with Gasteiger partial charge in [0.2, 0.25) is 5.88 Å². The molecule has 0 N–H and O–H groups in total. The summed E-state index contributed by atoms with van der Waals surface area (Å²) in [6.07, 6.45) is 0.778. The molecule has 0 radical (unpaired) electrons. The minimum Gasteiger partial charge on any atom is -0.491 e. The van der Waals surface area contributed by atoms with Crippen molar-refractivity contribution in [2.24, 2.45) is 0 Å². The Morgan fingerprint density at radius 1 is 1.12 bits per heavy atom. The van der Waals surface area contributed by atoms with Crippen LogP contribution in [0, 0.1) is 0 Å². The lowest BCUT2D eigenvalue weighted by atomic mass is 9.97. The number of hydrogen-bond acceptors (Lipinski definition) is 5. The van der Waals surface area contributed by atoms with Crippen LogP contribution in [-0.4, -0.2) is 36.0 Å². The Morgan fingerprint density at radius 2 is 2.00 bits per heavy atom. The van der Waals surface area contributed by atoms with E-state index in [1.165, 1.54) is 0 Å². The van der Waals surface area contributed by atoms with Crippen LogP contribution in [0.4, 0.5) is 0 Å². The van der Waals surface area contributed by atoms with Crippen molar-refractivity contribution in [3.63, 3.8) is 0 Å². The summed E-state index contributed by atoms with van der Waals surface area (Å²) in [7, 11) is 0. The van der Waals surface area contributed by atoms with Crippen LogP contribution in [0.2, 0.25) is 0 Å². The zero-order chi connectivity index (χ0) is 16.9. The molecule has 1 aliphatic heterocycles. The molecule has 0 unspecified atom stereocenters. The van der Waals surface area contributed by atoms with Crippen LogP contribution < -0.4 is 15.2 Å². The molecule has 0 spiro atoms. The van der Waals surface area contributed by atoms with Gasteiger partial charge in [-0.1, -0.05) is 0 Å². The molecule has 2 heterocycles. The number of ether oxygens (including phenoxy) is 3. The van der Waals surface area contributed by atoms with Crippen LogP contribution in [0.25, 0.3) is 11.3 Å². The van der Waals surface area contributed by atoms with E-state index in [1.807, 2.05) is 38.1 Å². The average Bonchev–Trinajstić information content (AvgIpc) is 2.58. The molecule has 6 nitrogen and oxygen atoms in total. The standard InChI is InChI=1S/C18H22N2O4/c1-3-22-9-10-24-14-5-6-15-13(11-14)7-8-20-16(15)12-17(23-4-2)19-18(20)21/h5-6,11-12H,3-4,7-10H2,1-2H3. The van der Waals surface area contributed by atoms with Crippen molar-refractivity contribution >= 4 is 0 Å². The fourth-order valence-electron chi connectivity index (χ4n) is 2.86. The van der Waals surface area contributed by atoms with Crippen LogP contribution in [-0.2, 0) is 17.7 Å². The van der Waals surface area contributed by atoms with Crippen LogP contribution in [0.3, 0.4) is 0 Å². The van der Waals surface area contributed by atoms with Gasteiger partial charge in [0.05, 0.1) is 18.9 Å². The summed E-state index contributed by atoms with van der Waals surface area (Å²) < 4.78 is 18.1. The summed E-state index contributed by atoms with van der Waals surface area (Å²) in [5.74, 6) is 1.20. The lowest BCUT2D eigenvalue weighted by Gasteiger charge is -2.22. The molecule has 0 fully saturated rings. The van der Waals surface area contributed by atoms with Gasteiger partial charge in [0.25, 0.3) is 0 Å². The van der Waals surface area contributed by atoms with E-state index in [1.54, 1.807) is 4.57 Å². The van der Waals surface area contributed by atoms with Crippen LogP contribution in [0.5, 0.6) is 11.6 Å². The molecule has 0 saturated heterocycles. The van der Waals surface area contributed by atoms with Crippen LogP contribution in [0.15, 0.2) is 29.1 Å². The molecule has 128 valence electrons. The fraction of sp³-hybridized carbons (Fsp3) is 0.444. The summed E-state index contributed by atoms with van der Waals surface area (Å²) in [5.41, 5.74) is 2.77. The van der Waals surface area contributed by atoms with Gasteiger partial charge < -0.3 is 14.2 Å². The van der Waals surface area contributed by atoms with Crippen LogP contribution in [0.1, 0.15) is 19.4 Å². The molecule has 0 aliphatic carbocycles. The van der Waals surface area contributed by atoms with Crippen molar-refractivity contribution in [2.45, 2.75) is 26.8 Å². The summed E-state index contributed by atoms with van der Waals surface area (Å²) in [4.78, 5) is 16.1. The first-order valence-corrected chi connectivity index (χ1v) is 8.31. The largest absolute Gasteiger partial charge is 0.491 e. The van der Waals surface area contributed by atoms with Gasteiger partial charge in [0, 0.05) is 24.8 Å². The zero-order valence-corrected chi connectivity index (χ0v) is 14.1. The minimum atomic E-state index is -0.265. The molecule has 2 aromatic rings. The predicted molar refractivity (Wildman–Crippen MR) is 90.8 cm³/mol. The number of hydrogen-bond donors (Lipinski definition) is 0. The SMILES string of the molecule is CCOCCOc1ccc2c(c1)CCn1c-2cc(OCC)nc1=O. The third-order valence-electron chi connectivity index (χ3n) is 3.94. The van der Waals surface area contributed by atoms with Gasteiger partial charge >= 0.3 is 5.69 Å². The highest BCUT2D eigenvalue weighted by atomic mass is 16.5. The van der Waals surface area contributed by atoms with E-state index in [0.717, 1.165) is 29.0 Å². The molecule has 1 aromatic heterocycles. The molecule has 1 aliphatic rings. The number of nitrogens with zero attached hydrogens (tertiary/aromatic N) is 2. The van der Waals surface area contributed by atoms with Crippen molar-refractivity contribution in [3.8, 4) is 22.9 Å². The molecule has 0 atom stereocenters. The molecular formula is C18H22N2O4. The Balaban J connectivity index is 1.87. The van der Waals surface area contributed by atoms with E-state index in [2.05, 4.69) is 4.98 Å². The van der Waals surface area contributed by atoms with Gasteiger partial charge in [-0.05, 0) is 44.0 Å². The first-order chi connectivity index (χ1) is 11.7. The number of aryl methyl sites for hydroxylation is 1. The van der Waals surface area contributed by atoms with Crippen molar-refractivity contribution < 1.29 is 14.2 Å². The molecule has 24 heavy (non-hydrogen) atoms. The minimum absolute atomic E-state index is 0.265. The van der Waals surface area contributed by atoms with Gasteiger partial charge in [-0.2, -0.15) is 4.98 Å². The van der Waals surface area contributed by atoms with Gasteiger partial charge in [0.15, 0.2) is 0 Å². The van der Waals surface area contributed by atoms with Gasteiger partial charge in [-0.3, -0.25) is 4.57 Å². The van der Waals surface area contributed by atoms with E-state index >= 15 is 0 Å². The maximum atomic E-state index is 12.2. The molecule has 0 bridgehead atoms. The summed E-state index contributed by atoms with van der Waals surface area (Å²) in [6, 6.07) is 7.78. The zero-order valence-electron chi connectivity index (χ0n) is 14.1. The van der Waals surface area contributed by atoms with Gasteiger partial charge in [-0.25, -0.2) is 4.79 Å². The second kappa shape index (κ2) is 7.49. The first kappa shape index (κ1) is 16.5. The third-order valence-corrected chi connectivity index (χ3v) is 3.94. The summed E-state index contributed by atoms with van der Waals surface area (Å²) >= 11 is 0. The molecule has 0 amide bonds.